The number of anilines is 1. The van der Waals surface area contributed by atoms with Gasteiger partial charge in [-0.3, -0.25) is 4.79 Å². The molecule has 2 N–H and O–H groups in total. The van der Waals surface area contributed by atoms with Gasteiger partial charge >= 0.3 is 0 Å². The molecular weight excluding hydrogens is 270 g/mol. The van der Waals surface area contributed by atoms with Gasteiger partial charge in [0, 0.05) is 30.0 Å². The Kier molecular flexibility index (Phi) is 3.69. The highest BCUT2D eigenvalue weighted by atomic mass is 32.1. The molecule has 104 valence electrons. The predicted octanol–water partition coefficient (Wildman–Crippen LogP) is 2.51. The first-order valence-corrected chi connectivity index (χ1v) is 7.67. The number of carbonyl (C=O) groups is 1. The van der Waals surface area contributed by atoms with Gasteiger partial charge in [-0.2, -0.15) is 0 Å². The zero-order valence-corrected chi connectivity index (χ0v) is 12.0. The quantitative estimate of drug-likeness (QED) is 0.943. The predicted molar refractivity (Wildman–Crippen MR) is 81.7 cm³/mol. The van der Waals surface area contributed by atoms with Crippen LogP contribution in [0.4, 0.5) is 5.13 Å². The van der Waals surface area contributed by atoms with Gasteiger partial charge in [-0.05, 0) is 12.8 Å². The molecule has 1 fully saturated rings. The van der Waals surface area contributed by atoms with E-state index in [0.717, 1.165) is 42.3 Å². The SMILES string of the molecule is NC(=O)C1CCN(c2nc(-c3ccccc3)cs2)CC1. The van der Waals surface area contributed by atoms with E-state index in [2.05, 4.69) is 22.4 Å². The van der Waals surface area contributed by atoms with Crippen molar-refractivity contribution in [3.8, 4) is 11.3 Å². The van der Waals surface area contributed by atoms with Crippen molar-refractivity contribution in [1.82, 2.24) is 4.98 Å². The fraction of sp³-hybridized carbons (Fsp3) is 0.333. The minimum absolute atomic E-state index is 0.0276. The topological polar surface area (TPSA) is 59.2 Å². The molecule has 0 aliphatic carbocycles. The third-order valence-corrected chi connectivity index (χ3v) is 4.63. The maximum Gasteiger partial charge on any atom is 0.220 e. The molecule has 0 saturated carbocycles. The summed E-state index contributed by atoms with van der Waals surface area (Å²) in [6.45, 7) is 1.71. The van der Waals surface area contributed by atoms with Gasteiger partial charge in [0.25, 0.3) is 0 Å². The lowest BCUT2D eigenvalue weighted by Crippen LogP contribution is -2.38. The number of nitrogens with zero attached hydrogens (tertiary/aromatic N) is 2. The van der Waals surface area contributed by atoms with E-state index in [-0.39, 0.29) is 11.8 Å². The van der Waals surface area contributed by atoms with Crippen LogP contribution in [-0.4, -0.2) is 24.0 Å². The second kappa shape index (κ2) is 5.63. The van der Waals surface area contributed by atoms with Gasteiger partial charge < -0.3 is 10.6 Å². The largest absolute Gasteiger partial charge is 0.369 e. The van der Waals surface area contributed by atoms with Gasteiger partial charge in [-0.1, -0.05) is 30.3 Å². The minimum Gasteiger partial charge on any atom is -0.369 e. The lowest BCUT2D eigenvalue weighted by molar-refractivity contribution is -0.122. The number of thiazole rings is 1. The zero-order valence-electron chi connectivity index (χ0n) is 11.2. The first-order valence-electron chi connectivity index (χ1n) is 6.79. The van der Waals surface area contributed by atoms with Crippen LogP contribution >= 0.6 is 11.3 Å². The third kappa shape index (κ3) is 2.67. The Balaban J connectivity index is 1.71. The van der Waals surface area contributed by atoms with Crippen LogP contribution in [0.3, 0.4) is 0 Å². The molecular formula is C15H17N3OS. The van der Waals surface area contributed by atoms with E-state index in [0.29, 0.717) is 0 Å². The smallest absolute Gasteiger partial charge is 0.220 e. The Morgan fingerprint density at radius 1 is 1.25 bits per heavy atom. The molecule has 5 heteroatoms. The van der Waals surface area contributed by atoms with Crippen molar-refractivity contribution >= 4 is 22.4 Å². The maximum absolute atomic E-state index is 11.2. The number of carbonyl (C=O) groups excluding carboxylic acids is 1. The summed E-state index contributed by atoms with van der Waals surface area (Å²) in [6.07, 6.45) is 1.66. The van der Waals surface area contributed by atoms with E-state index < -0.39 is 0 Å². The summed E-state index contributed by atoms with van der Waals surface area (Å²) in [5, 5.41) is 3.12. The highest BCUT2D eigenvalue weighted by Crippen LogP contribution is 2.30. The van der Waals surface area contributed by atoms with Gasteiger partial charge in [-0.25, -0.2) is 4.98 Å². The first kappa shape index (κ1) is 13.1. The summed E-state index contributed by atoms with van der Waals surface area (Å²) in [7, 11) is 0. The molecule has 1 aromatic heterocycles. The van der Waals surface area contributed by atoms with Crippen molar-refractivity contribution in [3.63, 3.8) is 0 Å². The maximum atomic E-state index is 11.2. The standard InChI is InChI=1S/C15H17N3OS/c16-14(19)12-6-8-18(9-7-12)15-17-13(10-20-15)11-4-2-1-3-5-11/h1-5,10,12H,6-9H2,(H2,16,19). The highest BCUT2D eigenvalue weighted by Gasteiger charge is 2.24. The number of primary amides is 1. The van der Waals surface area contributed by atoms with Gasteiger partial charge in [0.05, 0.1) is 5.69 Å². The van der Waals surface area contributed by atoms with E-state index in [1.54, 1.807) is 11.3 Å². The molecule has 0 spiro atoms. The van der Waals surface area contributed by atoms with Crippen LogP contribution in [0.5, 0.6) is 0 Å². The molecule has 1 saturated heterocycles. The molecule has 0 unspecified atom stereocenters. The number of hydrogen-bond donors (Lipinski definition) is 1. The van der Waals surface area contributed by atoms with Crippen molar-refractivity contribution in [3.05, 3.63) is 35.7 Å². The number of hydrogen-bond acceptors (Lipinski definition) is 4. The van der Waals surface area contributed by atoms with Crippen molar-refractivity contribution in [2.45, 2.75) is 12.8 Å². The van der Waals surface area contributed by atoms with Crippen LogP contribution in [0.15, 0.2) is 35.7 Å². The Bertz CT molecular complexity index is 588. The molecule has 1 aliphatic rings. The third-order valence-electron chi connectivity index (χ3n) is 3.73. The van der Waals surface area contributed by atoms with E-state index in [1.165, 1.54) is 0 Å². The summed E-state index contributed by atoms with van der Waals surface area (Å²) in [6, 6.07) is 10.2. The molecule has 3 rings (SSSR count). The van der Waals surface area contributed by atoms with Gasteiger partial charge in [0.2, 0.25) is 5.91 Å². The van der Waals surface area contributed by atoms with Gasteiger partial charge in [-0.15, -0.1) is 11.3 Å². The number of piperidine rings is 1. The van der Waals surface area contributed by atoms with Crippen LogP contribution in [0.1, 0.15) is 12.8 Å². The van der Waals surface area contributed by atoms with Crippen LogP contribution in [-0.2, 0) is 4.79 Å². The number of amides is 1. The van der Waals surface area contributed by atoms with Crippen molar-refractivity contribution in [2.75, 3.05) is 18.0 Å². The summed E-state index contributed by atoms with van der Waals surface area (Å²) >= 11 is 1.66. The molecule has 1 aromatic carbocycles. The molecule has 2 aromatic rings. The van der Waals surface area contributed by atoms with E-state index in [4.69, 9.17) is 10.7 Å². The van der Waals surface area contributed by atoms with E-state index >= 15 is 0 Å². The number of nitrogens with two attached hydrogens (primary N) is 1. The molecule has 0 atom stereocenters. The highest BCUT2D eigenvalue weighted by molar-refractivity contribution is 7.14. The average Bonchev–Trinajstić information content (AvgIpc) is 2.98. The van der Waals surface area contributed by atoms with Crippen molar-refractivity contribution in [2.24, 2.45) is 11.7 Å². The molecule has 20 heavy (non-hydrogen) atoms. The number of aromatic nitrogens is 1. The van der Waals surface area contributed by atoms with E-state index in [9.17, 15) is 4.79 Å². The van der Waals surface area contributed by atoms with Crippen molar-refractivity contribution < 1.29 is 4.79 Å². The lowest BCUT2D eigenvalue weighted by Gasteiger charge is -2.30. The normalized spacial score (nSPS) is 16.3. The van der Waals surface area contributed by atoms with Gasteiger partial charge in [0.15, 0.2) is 5.13 Å². The molecule has 0 radical (unpaired) electrons. The summed E-state index contributed by atoms with van der Waals surface area (Å²) < 4.78 is 0. The Morgan fingerprint density at radius 2 is 1.95 bits per heavy atom. The summed E-state index contributed by atoms with van der Waals surface area (Å²) in [5.74, 6) is -0.145. The molecule has 1 amide bonds. The second-order valence-corrected chi connectivity index (χ2v) is 5.88. The Labute approximate surface area is 122 Å². The molecule has 1 aliphatic heterocycles. The summed E-state index contributed by atoms with van der Waals surface area (Å²) in [4.78, 5) is 18.1. The van der Waals surface area contributed by atoms with Crippen LogP contribution in [0.25, 0.3) is 11.3 Å². The fourth-order valence-electron chi connectivity index (χ4n) is 2.51. The van der Waals surface area contributed by atoms with Crippen molar-refractivity contribution in [1.29, 1.82) is 0 Å². The lowest BCUT2D eigenvalue weighted by atomic mass is 9.97. The monoisotopic (exact) mass is 287 g/mol. The Hall–Kier alpha value is -1.88. The van der Waals surface area contributed by atoms with E-state index in [1.807, 2.05) is 18.2 Å². The minimum atomic E-state index is -0.172. The average molecular weight is 287 g/mol. The Morgan fingerprint density at radius 3 is 2.60 bits per heavy atom. The van der Waals surface area contributed by atoms with Crippen LogP contribution in [0, 0.1) is 5.92 Å². The van der Waals surface area contributed by atoms with Crippen LogP contribution < -0.4 is 10.6 Å². The molecule has 0 bridgehead atoms. The molecule has 2 heterocycles. The fourth-order valence-corrected chi connectivity index (χ4v) is 3.39. The molecule has 4 nitrogen and oxygen atoms in total. The number of benzene rings is 1. The zero-order chi connectivity index (χ0) is 13.9. The first-order chi connectivity index (χ1) is 9.74. The number of rotatable bonds is 3. The van der Waals surface area contributed by atoms with Crippen LogP contribution in [0.2, 0.25) is 0 Å². The summed E-state index contributed by atoms with van der Waals surface area (Å²) in [5.41, 5.74) is 7.52. The van der Waals surface area contributed by atoms with Gasteiger partial charge in [0.1, 0.15) is 0 Å². The second-order valence-electron chi connectivity index (χ2n) is 5.05.